The van der Waals surface area contributed by atoms with Crippen LogP contribution in [0.1, 0.15) is 33.1 Å². The predicted molar refractivity (Wildman–Crippen MR) is 83.3 cm³/mol. The molecule has 0 radical (unpaired) electrons. The Bertz CT molecular complexity index is 579. The van der Waals surface area contributed by atoms with Gasteiger partial charge in [-0.3, -0.25) is 4.79 Å². The Morgan fingerprint density at radius 1 is 1.50 bits per heavy atom. The maximum atomic E-state index is 12.8. The van der Waals surface area contributed by atoms with Crippen LogP contribution in [0.5, 0.6) is 0 Å². The van der Waals surface area contributed by atoms with Gasteiger partial charge in [-0.15, -0.1) is 0 Å². The molecule has 2 saturated carbocycles. The van der Waals surface area contributed by atoms with Crippen LogP contribution in [-0.4, -0.2) is 10.9 Å². The average molecular weight is 335 g/mol. The molecule has 3 nitrogen and oxygen atoms in total. The summed E-state index contributed by atoms with van der Waals surface area (Å²) >= 11 is 3.34. The summed E-state index contributed by atoms with van der Waals surface area (Å²) in [6.07, 6.45) is 4.66. The molecule has 0 aliphatic heterocycles. The van der Waals surface area contributed by atoms with Crippen LogP contribution in [-0.2, 0) is 4.79 Å². The summed E-state index contributed by atoms with van der Waals surface area (Å²) < 4.78 is 0.904. The predicted octanol–water partition coefficient (Wildman–Crippen LogP) is 4.17. The van der Waals surface area contributed by atoms with Crippen molar-refractivity contribution in [3.05, 3.63) is 35.0 Å². The molecule has 0 saturated heterocycles. The van der Waals surface area contributed by atoms with E-state index in [9.17, 15) is 4.79 Å². The number of amides is 1. The van der Waals surface area contributed by atoms with E-state index in [0.29, 0.717) is 11.7 Å². The lowest BCUT2D eigenvalue weighted by molar-refractivity contribution is -0.123. The van der Waals surface area contributed by atoms with Crippen molar-refractivity contribution >= 4 is 27.7 Å². The standard InChI is InChI=1S/C16H19BrN2O/c1-10-15(2,3)11-6-7-16(10,8-11)14(20)19-13-5-4-12(17)9-18-13/h4-5,9,11H,1,6-8H2,2-3H3,(H,18,19,20)/t11-,16+/m1/s1. The third kappa shape index (κ3) is 1.85. The van der Waals surface area contributed by atoms with E-state index in [1.807, 2.05) is 12.1 Å². The SMILES string of the molecule is C=C1C(C)(C)[C@@H]2CC[C@]1(C(=O)Nc1ccc(Br)cn1)C2. The minimum atomic E-state index is -0.386. The van der Waals surface area contributed by atoms with Crippen LogP contribution in [0.4, 0.5) is 5.82 Å². The molecule has 1 aromatic rings. The molecule has 0 unspecified atom stereocenters. The molecule has 4 heteroatoms. The lowest BCUT2D eigenvalue weighted by Crippen LogP contribution is -2.37. The van der Waals surface area contributed by atoms with E-state index in [4.69, 9.17) is 0 Å². The van der Waals surface area contributed by atoms with Crippen LogP contribution >= 0.6 is 15.9 Å². The smallest absolute Gasteiger partial charge is 0.235 e. The largest absolute Gasteiger partial charge is 0.310 e. The maximum absolute atomic E-state index is 12.8. The highest BCUT2D eigenvalue weighted by Crippen LogP contribution is 2.65. The van der Waals surface area contributed by atoms with Gasteiger partial charge in [-0.2, -0.15) is 0 Å². The van der Waals surface area contributed by atoms with Crippen molar-refractivity contribution in [2.75, 3.05) is 5.32 Å². The molecular weight excluding hydrogens is 316 g/mol. The van der Waals surface area contributed by atoms with Gasteiger partial charge in [0.25, 0.3) is 0 Å². The van der Waals surface area contributed by atoms with E-state index in [-0.39, 0.29) is 16.7 Å². The van der Waals surface area contributed by atoms with Gasteiger partial charge >= 0.3 is 0 Å². The van der Waals surface area contributed by atoms with E-state index >= 15 is 0 Å². The summed E-state index contributed by atoms with van der Waals surface area (Å²) in [6, 6.07) is 3.69. The second-order valence-electron chi connectivity index (χ2n) is 6.54. The van der Waals surface area contributed by atoms with E-state index in [0.717, 1.165) is 29.3 Å². The molecule has 106 valence electrons. The quantitative estimate of drug-likeness (QED) is 0.825. The molecule has 0 spiro atoms. The zero-order valence-electron chi connectivity index (χ0n) is 11.9. The van der Waals surface area contributed by atoms with Gasteiger partial charge in [0.15, 0.2) is 0 Å². The number of pyridine rings is 1. The number of carbonyl (C=O) groups is 1. The molecule has 2 aliphatic rings. The van der Waals surface area contributed by atoms with Crippen molar-refractivity contribution in [3.63, 3.8) is 0 Å². The minimum absolute atomic E-state index is 0.0606. The summed E-state index contributed by atoms with van der Waals surface area (Å²) in [4.78, 5) is 17.0. The van der Waals surface area contributed by atoms with E-state index in [1.165, 1.54) is 0 Å². The van der Waals surface area contributed by atoms with Gasteiger partial charge in [0.1, 0.15) is 5.82 Å². The van der Waals surface area contributed by atoms with Crippen molar-refractivity contribution in [1.82, 2.24) is 4.98 Å². The fourth-order valence-electron chi connectivity index (χ4n) is 3.83. The third-order valence-electron chi connectivity index (χ3n) is 5.29. The fraction of sp³-hybridized carbons (Fsp3) is 0.500. The number of halogens is 1. The molecule has 3 rings (SSSR count). The third-order valence-corrected chi connectivity index (χ3v) is 5.76. The van der Waals surface area contributed by atoms with Gasteiger partial charge < -0.3 is 5.32 Å². The number of hydrogen-bond donors (Lipinski definition) is 1. The maximum Gasteiger partial charge on any atom is 0.235 e. The van der Waals surface area contributed by atoms with Crippen LogP contribution in [0.2, 0.25) is 0 Å². The highest BCUT2D eigenvalue weighted by atomic mass is 79.9. The van der Waals surface area contributed by atoms with E-state index in [1.54, 1.807) is 6.20 Å². The number of nitrogens with one attached hydrogen (secondary N) is 1. The Kier molecular flexibility index (Phi) is 3.05. The summed E-state index contributed by atoms with van der Waals surface area (Å²) in [5, 5.41) is 2.97. The van der Waals surface area contributed by atoms with Crippen LogP contribution in [0.25, 0.3) is 0 Å². The second-order valence-corrected chi connectivity index (χ2v) is 7.45. The minimum Gasteiger partial charge on any atom is -0.310 e. The van der Waals surface area contributed by atoms with Gasteiger partial charge in [0, 0.05) is 10.7 Å². The molecule has 2 bridgehead atoms. The van der Waals surface area contributed by atoms with Crippen LogP contribution in [0, 0.1) is 16.7 Å². The van der Waals surface area contributed by atoms with Crippen LogP contribution in [0.15, 0.2) is 35.0 Å². The Hall–Kier alpha value is -1.16. The Morgan fingerprint density at radius 2 is 2.25 bits per heavy atom. The second kappa shape index (κ2) is 4.42. The monoisotopic (exact) mass is 334 g/mol. The Labute approximate surface area is 128 Å². The van der Waals surface area contributed by atoms with Crippen molar-refractivity contribution < 1.29 is 4.79 Å². The molecule has 2 aliphatic carbocycles. The lowest BCUT2D eigenvalue weighted by Gasteiger charge is -2.37. The number of nitrogens with zero attached hydrogens (tertiary/aromatic N) is 1. The summed E-state index contributed by atoms with van der Waals surface area (Å²) in [5.41, 5.74) is 0.780. The van der Waals surface area contributed by atoms with E-state index in [2.05, 4.69) is 46.7 Å². The summed E-state index contributed by atoms with van der Waals surface area (Å²) in [7, 11) is 0. The van der Waals surface area contributed by atoms with Gasteiger partial charge in [-0.05, 0) is 58.7 Å². The van der Waals surface area contributed by atoms with Crippen molar-refractivity contribution in [1.29, 1.82) is 0 Å². The molecule has 1 amide bonds. The normalized spacial score (nSPS) is 30.6. The number of carbonyl (C=O) groups excluding carboxylic acids is 1. The van der Waals surface area contributed by atoms with Gasteiger partial charge in [-0.1, -0.05) is 26.0 Å². The first-order chi connectivity index (χ1) is 9.36. The van der Waals surface area contributed by atoms with Crippen molar-refractivity contribution in [3.8, 4) is 0 Å². The van der Waals surface area contributed by atoms with Gasteiger partial charge in [-0.25, -0.2) is 4.98 Å². The molecular formula is C16H19BrN2O. The fourth-order valence-corrected chi connectivity index (χ4v) is 4.06. The molecule has 0 aromatic carbocycles. The molecule has 1 heterocycles. The summed E-state index contributed by atoms with van der Waals surface area (Å²) in [5.74, 6) is 1.25. The van der Waals surface area contributed by atoms with Crippen LogP contribution < -0.4 is 5.32 Å². The number of anilines is 1. The van der Waals surface area contributed by atoms with Crippen molar-refractivity contribution in [2.45, 2.75) is 33.1 Å². The number of aromatic nitrogens is 1. The van der Waals surface area contributed by atoms with E-state index < -0.39 is 0 Å². The molecule has 1 aromatic heterocycles. The van der Waals surface area contributed by atoms with Crippen molar-refractivity contribution in [2.24, 2.45) is 16.7 Å². The number of rotatable bonds is 2. The number of hydrogen-bond acceptors (Lipinski definition) is 2. The molecule has 2 atom stereocenters. The first-order valence-electron chi connectivity index (χ1n) is 6.99. The topological polar surface area (TPSA) is 42.0 Å². The Balaban J connectivity index is 1.84. The zero-order valence-corrected chi connectivity index (χ0v) is 13.5. The summed E-state index contributed by atoms with van der Waals surface area (Å²) in [6.45, 7) is 8.68. The van der Waals surface area contributed by atoms with Gasteiger partial charge in [0.05, 0.1) is 5.41 Å². The first-order valence-corrected chi connectivity index (χ1v) is 7.78. The molecule has 2 fully saturated rings. The average Bonchev–Trinajstić information content (AvgIpc) is 2.93. The molecule has 20 heavy (non-hydrogen) atoms. The highest BCUT2D eigenvalue weighted by molar-refractivity contribution is 9.10. The zero-order chi connectivity index (χ0) is 14.5. The Morgan fingerprint density at radius 3 is 2.80 bits per heavy atom. The molecule has 1 N–H and O–H groups in total. The first kappa shape index (κ1) is 13.8. The highest BCUT2D eigenvalue weighted by Gasteiger charge is 2.60. The number of fused-ring (bicyclic) bond motifs is 2. The van der Waals surface area contributed by atoms with Gasteiger partial charge in [0.2, 0.25) is 5.91 Å². The lowest BCUT2D eigenvalue weighted by atomic mass is 9.68. The van der Waals surface area contributed by atoms with Crippen LogP contribution in [0.3, 0.4) is 0 Å².